The zero-order valence-corrected chi connectivity index (χ0v) is 13.7. The van der Waals surface area contributed by atoms with Gasteiger partial charge in [0.05, 0.1) is 0 Å². The fourth-order valence-electron chi connectivity index (χ4n) is 3.36. The van der Waals surface area contributed by atoms with Gasteiger partial charge in [-0.1, -0.05) is 18.2 Å². The largest absolute Gasteiger partial charge is 0.350 e. The number of carbonyl (C=O) groups excluding carboxylic acids is 1. The molecule has 0 spiro atoms. The molecule has 122 valence electrons. The molecule has 5 nitrogen and oxygen atoms in total. The minimum atomic E-state index is -0.170. The molecule has 2 heterocycles. The van der Waals surface area contributed by atoms with Crippen molar-refractivity contribution in [1.29, 1.82) is 0 Å². The van der Waals surface area contributed by atoms with Crippen LogP contribution in [0.3, 0.4) is 0 Å². The summed E-state index contributed by atoms with van der Waals surface area (Å²) >= 11 is 0. The second-order valence-corrected chi connectivity index (χ2v) is 6.34. The molecule has 1 aliphatic carbocycles. The van der Waals surface area contributed by atoms with E-state index in [9.17, 15) is 4.79 Å². The van der Waals surface area contributed by atoms with Crippen LogP contribution in [0.1, 0.15) is 39.3 Å². The zero-order chi connectivity index (χ0) is 16.5. The highest BCUT2D eigenvalue weighted by molar-refractivity contribution is 5.97. The molecule has 0 bridgehead atoms. The molecule has 0 saturated heterocycles. The highest BCUT2D eigenvalue weighted by Crippen LogP contribution is 2.22. The van der Waals surface area contributed by atoms with E-state index in [1.54, 1.807) is 12.5 Å². The lowest BCUT2D eigenvalue weighted by molar-refractivity contribution is 0.0951. The van der Waals surface area contributed by atoms with Gasteiger partial charge in [-0.15, -0.1) is 0 Å². The molecule has 1 amide bonds. The molecule has 3 aromatic rings. The average Bonchev–Trinajstić information content (AvgIpc) is 3.21. The number of hydrogen-bond acceptors (Lipinski definition) is 3. The van der Waals surface area contributed by atoms with Crippen LogP contribution in [0.15, 0.2) is 36.8 Å². The number of benzene rings is 1. The SMILES string of the molecule is Cc1ccnc2c(C(=O)NCCc3ccc4c(c3)CCC4)ncn12. The first-order valence-corrected chi connectivity index (χ1v) is 8.40. The Bertz CT molecular complexity index is 913. The minimum absolute atomic E-state index is 0.170. The average molecular weight is 320 g/mol. The smallest absolute Gasteiger partial charge is 0.273 e. The number of amides is 1. The van der Waals surface area contributed by atoms with Crippen molar-refractivity contribution in [2.75, 3.05) is 6.54 Å². The van der Waals surface area contributed by atoms with Crippen molar-refractivity contribution >= 4 is 11.6 Å². The van der Waals surface area contributed by atoms with Gasteiger partial charge in [-0.25, -0.2) is 9.97 Å². The Hall–Kier alpha value is -2.69. The Morgan fingerprint density at radius 2 is 2.08 bits per heavy atom. The van der Waals surface area contributed by atoms with Gasteiger partial charge in [0.1, 0.15) is 6.33 Å². The molecule has 0 atom stereocenters. The molecule has 24 heavy (non-hydrogen) atoms. The van der Waals surface area contributed by atoms with Crippen LogP contribution >= 0.6 is 0 Å². The monoisotopic (exact) mass is 320 g/mol. The molecule has 1 aromatic carbocycles. The number of nitrogens with one attached hydrogen (secondary N) is 1. The summed E-state index contributed by atoms with van der Waals surface area (Å²) in [7, 11) is 0. The number of carbonyl (C=O) groups is 1. The number of aromatic nitrogens is 3. The maximum absolute atomic E-state index is 12.4. The van der Waals surface area contributed by atoms with Crippen molar-refractivity contribution in [2.45, 2.75) is 32.6 Å². The maximum Gasteiger partial charge on any atom is 0.273 e. The normalized spacial score (nSPS) is 13.2. The number of fused-ring (bicyclic) bond motifs is 2. The molecule has 0 unspecified atom stereocenters. The van der Waals surface area contributed by atoms with E-state index in [0.717, 1.165) is 12.1 Å². The van der Waals surface area contributed by atoms with Crippen molar-refractivity contribution in [1.82, 2.24) is 19.7 Å². The summed E-state index contributed by atoms with van der Waals surface area (Å²) in [6.45, 7) is 2.56. The second kappa shape index (κ2) is 6.07. The lowest BCUT2D eigenvalue weighted by Gasteiger charge is -2.06. The summed E-state index contributed by atoms with van der Waals surface area (Å²) in [6, 6.07) is 8.58. The summed E-state index contributed by atoms with van der Waals surface area (Å²) in [4.78, 5) is 20.9. The van der Waals surface area contributed by atoms with Crippen molar-refractivity contribution in [2.24, 2.45) is 0 Å². The molecule has 0 fully saturated rings. The van der Waals surface area contributed by atoms with Crippen LogP contribution in [0, 0.1) is 6.92 Å². The summed E-state index contributed by atoms with van der Waals surface area (Å²) in [6.07, 6.45) is 7.82. The summed E-state index contributed by atoms with van der Waals surface area (Å²) in [5.41, 5.74) is 6.22. The molecule has 2 aromatic heterocycles. The van der Waals surface area contributed by atoms with Gasteiger partial charge in [-0.2, -0.15) is 0 Å². The molecule has 4 rings (SSSR count). The van der Waals surface area contributed by atoms with Gasteiger partial charge in [0.25, 0.3) is 5.91 Å². The fraction of sp³-hybridized carbons (Fsp3) is 0.316. The number of nitrogens with zero attached hydrogens (tertiary/aromatic N) is 3. The Balaban J connectivity index is 1.42. The van der Waals surface area contributed by atoms with Crippen LogP contribution in [0.4, 0.5) is 0 Å². The van der Waals surface area contributed by atoms with Crippen LogP contribution in [0.5, 0.6) is 0 Å². The third-order valence-corrected chi connectivity index (χ3v) is 4.71. The number of hydrogen-bond donors (Lipinski definition) is 1. The molecule has 0 aliphatic heterocycles. The fourth-order valence-corrected chi connectivity index (χ4v) is 3.36. The first-order chi connectivity index (χ1) is 11.7. The standard InChI is InChI=1S/C19H20N4O/c1-13-7-9-20-18-17(22-12-23(13)18)19(24)21-10-8-14-5-6-15-3-2-4-16(15)11-14/h5-7,9,11-12H,2-4,8,10H2,1H3,(H,21,24). The summed E-state index contributed by atoms with van der Waals surface area (Å²) in [5, 5.41) is 2.96. The Kier molecular flexibility index (Phi) is 3.76. The first-order valence-electron chi connectivity index (χ1n) is 8.40. The van der Waals surface area contributed by atoms with Crippen LogP contribution in [-0.4, -0.2) is 26.8 Å². The van der Waals surface area contributed by atoms with E-state index in [1.807, 2.05) is 17.4 Å². The molecule has 0 saturated carbocycles. The highest BCUT2D eigenvalue weighted by atomic mass is 16.1. The minimum Gasteiger partial charge on any atom is -0.350 e. The van der Waals surface area contributed by atoms with E-state index in [2.05, 4.69) is 33.5 Å². The third-order valence-electron chi connectivity index (χ3n) is 4.71. The molecule has 1 N–H and O–H groups in total. The maximum atomic E-state index is 12.4. The van der Waals surface area contributed by atoms with Gasteiger partial charge in [0.15, 0.2) is 11.3 Å². The summed E-state index contributed by atoms with van der Waals surface area (Å²) < 4.78 is 1.83. The van der Waals surface area contributed by atoms with Gasteiger partial charge in [0, 0.05) is 18.4 Å². The molecular formula is C19H20N4O. The van der Waals surface area contributed by atoms with Gasteiger partial charge in [-0.3, -0.25) is 9.20 Å². The second-order valence-electron chi connectivity index (χ2n) is 6.34. The molecule has 1 aliphatic rings. The topological polar surface area (TPSA) is 59.3 Å². The van der Waals surface area contributed by atoms with E-state index < -0.39 is 0 Å². The number of aryl methyl sites for hydroxylation is 3. The Morgan fingerprint density at radius 3 is 3.00 bits per heavy atom. The van der Waals surface area contributed by atoms with Gasteiger partial charge < -0.3 is 5.32 Å². The lowest BCUT2D eigenvalue weighted by Crippen LogP contribution is -2.26. The third kappa shape index (κ3) is 2.66. The molecule has 5 heteroatoms. The van der Waals surface area contributed by atoms with E-state index in [-0.39, 0.29) is 5.91 Å². The van der Waals surface area contributed by atoms with Crippen LogP contribution < -0.4 is 5.32 Å². The molecular weight excluding hydrogens is 300 g/mol. The predicted octanol–water partition coefficient (Wildman–Crippen LogP) is 2.50. The van der Waals surface area contributed by atoms with Crippen LogP contribution in [0.2, 0.25) is 0 Å². The quantitative estimate of drug-likeness (QED) is 0.803. The van der Waals surface area contributed by atoms with Crippen molar-refractivity contribution in [3.8, 4) is 0 Å². The Labute approximate surface area is 140 Å². The first kappa shape index (κ1) is 14.9. The van der Waals surface area contributed by atoms with Crippen LogP contribution in [-0.2, 0) is 19.3 Å². The lowest BCUT2D eigenvalue weighted by atomic mass is 10.0. The van der Waals surface area contributed by atoms with Gasteiger partial charge >= 0.3 is 0 Å². The number of imidazole rings is 1. The summed E-state index contributed by atoms with van der Waals surface area (Å²) in [5.74, 6) is -0.170. The zero-order valence-electron chi connectivity index (χ0n) is 13.7. The number of rotatable bonds is 4. The van der Waals surface area contributed by atoms with E-state index in [4.69, 9.17) is 0 Å². The predicted molar refractivity (Wildman–Crippen MR) is 92.2 cm³/mol. The van der Waals surface area contributed by atoms with Crippen molar-refractivity contribution in [3.05, 3.63) is 64.9 Å². The van der Waals surface area contributed by atoms with Gasteiger partial charge in [0.2, 0.25) is 0 Å². The van der Waals surface area contributed by atoms with Crippen molar-refractivity contribution < 1.29 is 4.79 Å². The Morgan fingerprint density at radius 1 is 1.21 bits per heavy atom. The van der Waals surface area contributed by atoms with Gasteiger partial charge in [-0.05, 0) is 55.4 Å². The van der Waals surface area contributed by atoms with Crippen LogP contribution in [0.25, 0.3) is 5.65 Å². The highest BCUT2D eigenvalue weighted by Gasteiger charge is 2.15. The van der Waals surface area contributed by atoms with E-state index >= 15 is 0 Å². The van der Waals surface area contributed by atoms with Crippen molar-refractivity contribution in [3.63, 3.8) is 0 Å². The van der Waals surface area contributed by atoms with E-state index in [1.165, 1.54) is 36.0 Å². The molecule has 0 radical (unpaired) electrons. The van der Waals surface area contributed by atoms with E-state index in [0.29, 0.717) is 17.9 Å².